The molecule has 0 bridgehead atoms. The lowest BCUT2D eigenvalue weighted by Crippen LogP contribution is -2.48. The average Bonchev–Trinajstić information content (AvgIpc) is 2.61. The second-order valence-corrected chi connectivity index (χ2v) is 5.76. The van der Waals surface area contributed by atoms with Gasteiger partial charge in [-0.3, -0.25) is 9.69 Å². The first-order valence-corrected chi connectivity index (χ1v) is 8.07. The van der Waals surface area contributed by atoms with Gasteiger partial charge in [-0.1, -0.05) is 6.07 Å². The number of hydrogen-bond acceptors (Lipinski definition) is 5. The summed E-state index contributed by atoms with van der Waals surface area (Å²) >= 11 is 0. The molecule has 2 aliphatic rings. The van der Waals surface area contributed by atoms with E-state index in [1.54, 1.807) is 0 Å². The molecule has 2 fully saturated rings. The van der Waals surface area contributed by atoms with Gasteiger partial charge in [0.25, 0.3) is 0 Å². The van der Waals surface area contributed by atoms with Gasteiger partial charge in [0.2, 0.25) is 5.91 Å². The minimum Gasteiger partial charge on any atom is -0.378 e. The molecule has 0 N–H and O–H groups in total. The number of carbonyl (C=O) groups is 1. The predicted octanol–water partition coefficient (Wildman–Crippen LogP) is 0.453. The summed E-state index contributed by atoms with van der Waals surface area (Å²) in [5.74, 6) is 1.31. The van der Waals surface area contributed by atoms with E-state index in [0.717, 1.165) is 51.6 Å². The van der Waals surface area contributed by atoms with Crippen LogP contribution in [0.2, 0.25) is 0 Å². The van der Waals surface area contributed by atoms with E-state index in [-0.39, 0.29) is 5.91 Å². The van der Waals surface area contributed by atoms with Gasteiger partial charge in [-0.15, -0.1) is 0 Å². The first kappa shape index (κ1) is 15.2. The summed E-state index contributed by atoms with van der Waals surface area (Å²) in [6.07, 6.45) is 2.45. The van der Waals surface area contributed by atoms with Gasteiger partial charge >= 0.3 is 0 Å². The van der Waals surface area contributed by atoms with Crippen molar-refractivity contribution in [3.05, 3.63) is 24.4 Å². The molecule has 1 aromatic heterocycles. The van der Waals surface area contributed by atoms with Gasteiger partial charge in [-0.2, -0.15) is 0 Å². The maximum absolute atomic E-state index is 12.1. The van der Waals surface area contributed by atoms with E-state index in [2.05, 4.69) is 20.9 Å². The van der Waals surface area contributed by atoms with Crippen LogP contribution in [0.1, 0.15) is 6.42 Å². The number of nitrogens with zero attached hydrogens (tertiary/aromatic N) is 4. The zero-order valence-electron chi connectivity index (χ0n) is 13.0. The van der Waals surface area contributed by atoms with E-state index in [0.29, 0.717) is 19.6 Å². The highest BCUT2D eigenvalue weighted by Crippen LogP contribution is 2.12. The van der Waals surface area contributed by atoms with E-state index in [1.165, 1.54) is 0 Å². The van der Waals surface area contributed by atoms with E-state index < -0.39 is 0 Å². The van der Waals surface area contributed by atoms with Crippen LogP contribution in [0.3, 0.4) is 0 Å². The molecule has 0 atom stereocenters. The summed E-state index contributed by atoms with van der Waals surface area (Å²) < 4.78 is 5.28. The van der Waals surface area contributed by atoms with Crippen molar-refractivity contribution in [1.82, 2.24) is 14.8 Å². The number of hydrogen-bond donors (Lipinski definition) is 0. The third-order valence-electron chi connectivity index (χ3n) is 4.35. The zero-order valence-corrected chi connectivity index (χ0v) is 13.0. The Morgan fingerprint density at radius 1 is 1.09 bits per heavy atom. The van der Waals surface area contributed by atoms with Gasteiger partial charge in [0, 0.05) is 58.4 Å². The summed E-state index contributed by atoms with van der Waals surface area (Å²) in [4.78, 5) is 23.2. The summed E-state index contributed by atoms with van der Waals surface area (Å²) in [6.45, 7) is 7.62. The van der Waals surface area contributed by atoms with Gasteiger partial charge in [-0.25, -0.2) is 4.98 Å². The van der Waals surface area contributed by atoms with Crippen LogP contribution in [0, 0.1) is 0 Å². The van der Waals surface area contributed by atoms with Crippen molar-refractivity contribution < 1.29 is 9.53 Å². The maximum atomic E-state index is 12.1. The first-order chi connectivity index (χ1) is 10.8. The van der Waals surface area contributed by atoms with Gasteiger partial charge in [-0.05, 0) is 12.1 Å². The number of piperazine rings is 1. The van der Waals surface area contributed by atoms with Gasteiger partial charge in [0.15, 0.2) is 0 Å². The van der Waals surface area contributed by atoms with E-state index in [9.17, 15) is 4.79 Å². The number of ether oxygens (including phenoxy) is 1. The van der Waals surface area contributed by atoms with Crippen LogP contribution in [0.15, 0.2) is 24.4 Å². The van der Waals surface area contributed by atoms with Crippen molar-refractivity contribution in [1.29, 1.82) is 0 Å². The topological polar surface area (TPSA) is 48.9 Å². The number of pyridine rings is 1. The molecule has 120 valence electrons. The minimum atomic E-state index is 0.260. The number of anilines is 1. The van der Waals surface area contributed by atoms with E-state index in [1.807, 2.05) is 23.2 Å². The van der Waals surface area contributed by atoms with Crippen LogP contribution in [0.4, 0.5) is 5.82 Å². The number of carbonyl (C=O) groups excluding carboxylic acids is 1. The van der Waals surface area contributed by atoms with Crippen molar-refractivity contribution in [2.75, 3.05) is 63.9 Å². The Morgan fingerprint density at radius 3 is 2.55 bits per heavy atom. The molecule has 3 heterocycles. The van der Waals surface area contributed by atoms with Crippen LogP contribution in [0.5, 0.6) is 0 Å². The Labute approximate surface area is 131 Å². The number of rotatable bonds is 4. The number of aromatic nitrogens is 1. The molecular formula is C16H24N4O2. The normalized spacial score (nSPS) is 20.2. The monoisotopic (exact) mass is 304 g/mol. The fourth-order valence-electron chi connectivity index (χ4n) is 2.97. The fourth-order valence-corrected chi connectivity index (χ4v) is 2.97. The van der Waals surface area contributed by atoms with Gasteiger partial charge in [0.1, 0.15) is 5.82 Å². The molecule has 0 radical (unpaired) electrons. The highest BCUT2D eigenvalue weighted by Gasteiger charge is 2.20. The van der Waals surface area contributed by atoms with Crippen molar-refractivity contribution in [2.45, 2.75) is 6.42 Å². The van der Waals surface area contributed by atoms with E-state index >= 15 is 0 Å². The van der Waals surface area contributed by atoms with Crippen LogP contribution in [0.25, 0.3) is 0 Å². The highest BCUT2D eigenvalue weighted by molar-refractivity contribution is 5.76. The first-order valence-electron chi connectivity index (χ1n) is 8.07. The third-order valence-corrected chi connectivity index (χ3v) is 4.35. The Morgan fingerprint density at radius 2 is 1.86 bits per heavy atom. The molecular weight excluding hydrogens is 280 g/mol. The van der Waals surface area contributed by atoms with Gasteiger partial charge < -0.3 is 14.5 Å². The third kappa shape index (κ3) is 3.96. The molecule has 0 unspecified atom stereocenters. The molecule has 2 saturated heterocycles. The molecule has 6 heteroatoms. The van der Waals surface area contributed by atoms with E-state index in [4.69, 9.17) is 4.74 Å². The van der Waals surface area contributed by atoms with Crippen LogP contribution < -0.4 is 4.90 Å². The summed E-state index contributed by atoms with van der Waals surface area (Å²) in [6, 6.07) is 6.02. The number of morpholine rings is 1. The maximum Gasteiger partial charge on any atom is 0.224 e. The lowest BCUT2D eigenvalue weighted by molar-refractivity contribution is -0.135. The van der Waals surface area contributed by atoms with Gasteiger partial charge in [0.05, 0.1) is 13.2 Å². The molecule has 1 amide bonds. The molecule has 22 heavy (non-hydrogen) atoms. The molecule has 0 aliphatic carbocycles. The number of amides is 1. The minimum absolute atomic E-state index is 0.260. The van der Waals surface area contributed by atoms with Crippen molar-refractivity contribution in [3.63, 3.8) is 0 Å². The lowest BCUT2D eigenvalue weighted by Gasteiger charge is -2.35. The Bertz CT molecular complexity index is 468. The fraction of sp³-hybridized carbons (Fsp3) is 0.625. The predicted molar refractivity (Wildman–Crippen MR) is 84.9 cm³/mol. The smallest absolute Gasteiger partial charge is 0.224 e. The second kappa shape index (κ2) is 7.56. The standard InChI is InChI=1S/C16H24N4O2/c21-16(20-11-13-22-14-12-20)4-6-18-7-9-19(10-8-18)15-3-1-2-5-17-15/h1-3,5H,4,6-14H2. The van der Waals surface area contributed by atoms with Crippen LogP contribution in [-0.4, -0.2) is 79.7 Å². The largest absolute Gasteiger partial charge is 0.378 e. The zero-order chi connectivity index (χ0) is 15.2. The van der Waals surface area contributed by atoms with Crippen LogP contribution in [-0.2, 0) is 9.53 Å². The molecule has 1 aromatic rings. The molecule has 3 rings (SSSR count). The summed E-state index contributed by atoms with van der Waals surface area (Å²) in [7, 11) is 0. The SMILES string of the molecule is O=C(CCN1CCN(c2ccccn2)CC1)N1CCOCC1. The summed E-state index contributed by atoms with van der Waals surface area (Å²) in [5.41, 5.74) is 0. The Hall–Kier alpha value is -1.66. The molecule has 0 spiro atoms. The molecule has 0 saturated carbocycles. The average molecular weight is 304 g/mol. The van der Waals surface area contributed by atoms with Crippen molar-refractivity contribution >= 4 is 11.7 Å². The highest BCUT2D eigenvalue weighted by atomic mass is 16.5. The Kier molecular flexibility index (Phi) is 5.24. The lowest BCUT2D eigenvalue weighted by atomic mass is 10.2. The van der Waals surface area contributed by atoms with Crippen molar-refractivity contribution in [3.8, 4) is 0 Å². The van der Waals surface area contributed by atoms with Crippen LogP contribution >= 0.6 is 0 Å². The molecule has 6 nitrogen and oxygen atoms in total. The van der Waals surface area contributed by atoms with Crippen molar-refractivity contribution in [2.24, 2.45) is 0 Å². The Balaban J connectivity index is 1.39. The molecule has 0 aromatic carbocycles. The molecule has 2 aliphatic heterocycles. The quantitative estimate of drug-likeness (QED) is 0.808. The second-order valence-electron chi connectivity index (χ2n) is 5.76. The summed E-state index contributed by atoms with van der Waals surface area (Å²) in [5, 5.41) is 0.